The SMILES string of the molecule is CCC(=O)CS(=O)c1cccc(Cl)c1. The molecule has 1 atom stereocenters. The fourth-order valence-electron chi connectivity index (χ4n) is 0.940. The summed E-state index contributed by atoms with van der Waals surface area (Å²) in [5.74, 6) is 0.0833. The van der Waals surface area contributed by atoms with Crippen molar-refractivity contribution in [3.05, 3.63) is 29.3 Å². The molecule has 4 heteroatoms. The van der Waals surface area contributed by atoms with Crippen molar-refractivity contribution >= 4 is 28.2 Å². The van der Waals surface area contributed by atoms with Crippen molar-refractivity contribution in [2.45, 2.75) is 18.2 Å². The van der Waals surface area contributed by atoms with Crippen molar-refractivity contribution < 1.29 is 9.00 Å². The normalized spacial score (nSPS) is 12.4. The van der Waals surface area contributed by atoms with Crippen LogP contribution in [0, 0.1) is 0 Å². The number of hydrogen-bond acceptors (Lipinski definition) is 2. The molecule has 0 spiro atoms. The monoisotopic (exact) mass is 230 g/mol. The summed E-state index contributed by atoms with van der Waals surface area (Å²) < 4.78 is 11.6. The van der Waals surface area contributed by atoms with E-state index in [1.807, 2.05) is 0 Å². The summed E-state index contributed by atoms with van der Waals surface area (Å²) in [6, 6.07) is 6.78. The Kier molecular flexibility index (Phi) is 4.29. The maximum Gasteiger partial charge on any atom is 0.145 e. The van der Waals surface area contributed by atoms with Crippen LogP contribution in [0.4, 0.5) is 0 Å². The third-order valence-electron chi connectivity index (χ3n) is 1.75. The quantitative estimate of drug-likeness (QED) is 0.796. The Balaban J connectivity index is 2.75. The number of carbonyl (C=O) groups excluding carboxylic acids is 1. The average Bonchev–Trinajstić information content (AvgIpc) is 2.17. The summed E-state index contributed by atoms with van der Waals surface area (Å²) in [6.45, 7) is 1.76. The van der Waals surface area contributed by atoms with Crippen LogP contribution in [0.5, 0.6) is 0 Å². The van der Waals surface area contributed by atoms with Gasteiger partial charge in [-0.15, -0.1) is 0 Å². The molecule has 14 heavy (non-hydrogen) atoms. The summed E-state index contributed by atoms with van der Waals surface area (Å²) in [4.78, 5) is 11.7. The molecule has 0 radical (unpaired) electrons. The highest BCUT2D eigenvalue weighted by atomic mass is 35.5. The fraction of sp³-hybridized carbons (Fsp3) is 0.300. The molecule has 0 heterocycles. The molecule has 0 aromatic heterocycles. The van der Waals surface area contributed by atoms with Crippen molar-refractivity contribution in [1.29, 1.82) is 0 Å². The molecule has 1 aromatic rings. The maximum atomic E-state index is 11.6. The molecule has 1 aromatic carbocycles. The van der Waals surface area contributed by atoms with Crippen LogP contribution < -0.4 is 0 Å². The number of Topliss-reactive ketones (excluding diaryl/α,β-unsaturated/α-hetero) is 1. The van der Waals surface area contributed by atoms with Gasteiger partial charge in [-0.3, -0.25) is 9.00 Å². The molecule has 76 valence electrons. The third kappa shape index (κ3) is 3.24. The molecule has 1 unspecified atom stereocenters. The van der Waals surface area contributed by atoms with Gasteiger partial charge in [-0.25, -0.2) is 0 Å². The van der Waals surface area contributed by atoms with Gasteiger partial charge in [-0.2, -0.15) is 0 Å². The molecule has 0 bridgehead atoms. The minimum Gasteiger partial charge on any atom is -0.299 e. The largest absolute Gasteiger partial charge is 0.299 e. The number of carbonyl (C=O) groups is 1. The van der Waals surface area contributed by atoms with E-state index in [9.17, 15) is 9.00 Å². The Morgan fingerprint density at radius 2 is 2.21 bits per heavy atom. The first-order valence-electron chi connectivity index (χ1n) is 4.29. The Hall–Kier alpha value is -0.670. The van der Waals surface area contributed by atoms with Gasteiger partial charge in [-0.05, 0) is 18.2 Å². The van der Waals surface area contributed by atoms with Crippen LogP contribution in [-0.2, 0) is 15.6 Å². The van der Waals surface area contributed by atoms with E-state index in [0.717, 1.165) is 0 Å². The molecular formula is C10H11ClO2S. The molecule has 0 N–H and O–H groups in total. The lowest BCUT2D eigenvalue weighted by Gasteiger charge is -2.00. The first-order valence-corrected chi connectivity index (χ1v) is 5.99. The average molecular weight is 231 g/mol. The van der Waals surface area contributed by atoms with Gasteiger partial charge < -0.3 is 0 Å². The highest BCUT2D eigenvalue weighted by Gasteiger charge is 2.08. The number of rotatable bonds is 4. The lowest BCUT2D eigenvalue weighted by molar-refractivity contribution is -0.116. The molecule has 0 fully saturated rings. The van der Waals surface area contributed by atoms with E-state index in [1.54, 1.807) is 31.2 Å². The molecule has 1 rings (SSSR count). The second-order valence-electron chi connectivity index (χ2n) is 2.84. The second kappa shape index (κ2) is 5.27. The molecule has 0 aliphatic rings. The van der Waals surface area contributed by atoms with E-state index in [-0.39, 0.29) is 11.5 Å². The van der Waals surface area contributed by atoms with Crippen molar-refractivity contribution in [2.75, 3.05) is 5.75 Å². The summed E-state index contributed by atoms with van der Waals surface area (Å²) in [5, 5.41) is 0.541. The van der Waals surface area contributed by atoms with Gasteiger partial charge in [0.05, 0.1) is 16.6 Å². The van der Waals surface area contributed by atoms with Gasteiger partial charge in [-0.1, -0.05) is 24.6 Å². The van der Waals surface area contributed by atoms with Crippen molar-refractivity contribution in [2.24, 2.45) is 0 Å². The van der Waals surface area contributed by atoms with E-state index >= 15 is 0 Å². The molecular weight excluding hydrogens is 220 g/mol. The predicted octanol–water partition coefficient (Wildman–Crippen LogP) is 2.43. The lowest BCUT2D eigenvalue weighted by Crippen LogP contribution is -2.09. The number of ketones is 1. The standard InChI is InChI=1S/C10H11ClO2S/c1-2-9(12)7-14(13)10-5-3-4-8(11)6-10/h3-6H,2,7H2,1H3. The van der Waals surface area contributed by atoms with E-state index in [2.05, 4.69) is 0 Å². The molecule has 0 saturated heterocycles. The maximum absolute atomic E-state index is 11.6. The summed E-state index contributed by atoms with van der Waals surface area (Å²) in [6.07, 6.45) is 0.423. The van der Waals surface area contributed by atoms with Gasteiger partial charge >= 0.3 is 0 Å². The van der Waals surface area contributed by atoms with Gasteiger partial charge in [0.1, 0.15) is 5.78 Å². The molecule has 2 nitrogen and oxygen atoms in total. The van der Waals surface area contributed by atoms with Crippen molar-refractivity contribution in [3.63, 3.8) is 0 Å². The van der Waals surface area contributed by atoms with Crippen LogP contribution in [0.2, 0.25) is 5.02 Å². The molecule has 0 aliphatic heterocycles. The van der Waals surface area contributed by atoms with Crippen molar-refractivity contribution in [3.8, 4) is 0 Å². The third-order valence-corrected chi connectivity index (χ3v) is 3.34. The predicted molar refractivity (Wildman–Crippen MR) is 58.0 cm³/mol. The van der Waals surface area contributed by atoms with E-state index in [1.165, 1.54) is 0 Å². The van der Waals surface area contributed by atoms with Gasteiger partial charge in [0.15, 0.2) is 0 Å². The number of benzene rings is 1. The lowest BCUT2D eigenvalue weighted by atomic mass is 10.4. The fourth-order valence-corrected chi connectivity index (χ4v) is 2.35. The van der Waals surface area contributed by atoms with E-state index in [0.29, 0.717) is 16.3 Å². The molecule has 0 amide bonds. The Labute approximate surface area is 90.7 Å². The van der Waals surface area contributed by atoms with Crippen LogP contribution in [0.15, 0.2) is 29.2 Å². The van der Waals surface area contributed by atoms with E-state index < -0.39 is 10.8 Å². The summed E-state index contributed by atoms with van der Waals surface area (Å²) >= 11 is 5.74. The van der Waals surface area contributed by atoms with Gasteiger partial charge in [0, 0.05) is 16.3 Å². The Bertz CT molecular complexity index is 363. The molecule has 0 aliphatic carbocycles. The first kappa shape index (κ1) is 11.4. The van der Waals surface area contributed by atoms with Crippen LogP contribution in [0.25, 0.3) is 0 Å². The molecule has 0 saturated carbocycles. The zero-order valence-electron chi connectivity index (χ0n) is 7.83. The van der Waals surface area contributed by atoms with Crippen LogP contribution >= 0.6 is 11.6 Å². The topological polar surface area (TPSA) is 34.1 Å². The smallest absolute Gasteiger partial charge is 0.145 e. The zero-order valence-corrected chi connectivity index (χ0v) is 9.40. The Morgan fingerprint density at radius 1 is 1.50 bits per heavy atom. The van der Waals surface area contributed by atoms with Gasteiger partial charge in [0.2, 0.25) is 0 Å². The highest BCUT2D eigenvalue weighted by molar-refractivity contribution is 7.85. The Morgan fingerprint density at radius 3 is 2.79 bits per heavy atom. The van der Waals surface area contributed by atoms with Crippen molar-refractivity contribution in [1.82, 2.24) is 0 Å². The second-order valence-corrected chi connectivity index (χ2v) is 4.73. The minimum absolute atomic E-state index is 0.00306. The minimum atomic E-state index is -1.26. The highest BCUT2D eigenvalue weighted by Crippen LogP contribution is 2.14. The van der Waals surface area contributed by atoms with E-state index in [4.69, 9.17) is 11.6 Å². The first-order chi connectivity index (χ1) is 6.63. The zero-order chi connectivity index (χ0) is 10.6. The van der Waals surface area contributed by atoms with Crippen LogP contribution in [0.1, 0.15) is 13.3 Å². The van der Waals surface area contributed by atoms with Gasteiger partial charge in [0.25, 0.3) is 0 Å². The summed E-state index contributed by atoms with van der Waals surface area (Å²) in [5.41, 5.74) is 0. The number of halogens is 1. The van der Waals surface area contributed by atoms with Crippen LogP contribution in [-0.4, -0.2) is 15.7 Å². The summed E-state index contributed by atoms with van der Waals surface area (Å²) in [7, 11) is -1.26. The number of hydrogen-bond donors (Lipinski definition) is 0. The van der Waals surface area contributed by atoms with Crippen LogP contribution in [0.3, 0.4) is 0 Å².